The van der Waals surface area contributed by atoms with Gasteiger partial charge in [0.1, 0.15) is 5.82 Å². The van der Waals surface area contributed by atoms with E-state index in [-0.39, 0.29) is 23.3 Å². The Labute approximate surface area is 145 Å². The summed E-state index contributed by atoms with van der Waals surface area (Å²) in [5, 5.41) is 0. The summed E-state index contributed by atoms with van der Waals surface area (Å²) in [4.78, 5) is 0. The third kappa shape index (κ3) is 5.12. The Morgan fingerprint density at radius 3 is 2.35 bits per heavy atom. The van der Waals surface area contributed by atoms with Crippen LogP contribution in [0.4, 0.5) is 4.39 Å². The maximum Gasteiger partial charge on any atom is 0.216 e. The quantitative estimate of drug-likeness (QED) is 0.781. The van der Waals surface area contributed by atoms with Crippen LogP contribution in [0, 0.1) is 11.7 Å². The Bertz CT molecular complexity index is 763. The molecule has 0 radical (unpaired) electrons. The molecular weight excluding hydrogens is 381 g/mol. The van der Waals surface area contributed by atoms with E-state index < -0.39 is 15.8 Å². The highest BCUT2D eigenvalue weighted by atomic mass is 79.9. The molecule has 1 atom stereocenters. The first kappa shape index (κ1) is 18.1. The third-order valence-electron chi connectivity index (χ3n) is 3.49. The molecular formula is C17H19BrFNO2S. The summed E-state index contributed by atoms with van der Waals surface area (Å²) in [6, 6.07) is 13.4. The smallest absolute Gasteiger partial charge is 0.212 e. The summed E-state index contributed by atoms with van der Waals surface area (Å²) >= 11 is 3.16. The molecule has 6 heteroatoms. The van der Waals surface area contributed by atoms with E-state index in [9.17, 15) is 12.8 Å². The van der Waals surface area contributed by atoms with E-state index in [0.717, 1.165) is 5.56 Å². The summed E-state index contributed by atoms with van der Waals surface area (Å²) in [5.74, 6) is -0.852. The van der Waals surface area contributed by atoms with Gasteiger partial charge in [0.25, 0.3) is 0 Å². The highest BCUT2D eigenvalue weighted by molar-refractivity contribution is 9.10. The average Bonchev–Trinajstić information content (AvgIpc) is 2.48. The van der Waals surface area contributed by atoms with Gasteiger partial charge in [-0.3, -0.25) is 0 Å². The molecule has 0 aliphatic carbocycles. The lowest BCUT2D eigenvalue weighted by Gasteiger charge is -2.23. The van der Waals surface area contributed by atoms with Crippen LogP contribution >= 0.6 is 15.9 Å². The van der Waals surface area contributed by atoms with Gasteiger partial charge in [-0.15, -0.1) is 0 Å². The first-order chi connectivity index (χ1) is 10.8. The van der Waals surface area contributed by atoms with Crippen molar-refractivity contribution in [3.63, 3.8) is 0 Å². The Morgan fingerprint density at radius 2 is 1.78 bits per heavy atom. The van der Waals surface area contributed by atoms with Gasteiger partial charge < -0.3 is 0 Å². The second kappa shape index (κ2) is 7.55. The summed E-state index contributed by atoms with van der Waals surface area (Å²) in [7, 11) is -3.67. The topological polar surface area (TPSA) is 46.2 Å². The Morgan fingerprint density at radius 1 is 1.13 bits per heavy atom. The van der Waals surface area contributed by atoms with E-state index in [0.29, 0.717) is 4.47 Å². The number of hydrogen-bond acceptors (Lipinski definition) is 2. The van der Waals surface area contributed by atoms with E-state index in [1.54, 1.807) is 6.07 Å². The first-order valence-electron chi connectivity index (χ1n) is 7.27. The molecule has 0 aromatic heterocycles. The van der Waals surface area contributed by atoms with E-state index in [4.69, 9.17) is 0 Å². The van der Waals surface area contributed by atoms with Crippen molar-refractivity contribution in [2.75, 3.05) is 0 Å². The second-order valence-corrected chi connectivity index (χ2v) is 8.41. The molecule has 0 spiro atoms. The van der Waals surface area contributed by atoms with Gasteiger partial charge in [0.15, 0.2) is 0 Å². The maximum absolute atomic E-state index is 13.9. The number of sulfonamides is 1. The van der Waals surface area contributed by atoms with Crippen molar-refractivity contribution in [3.05, 3.63) is 69.9 Å². The highest BCUT2D eigenvalue weighted by Crippen LogP contribution is 2.24. The normalized spacial score (nSPS) is 13.3. The van der Waals surface area contributed by atoms with Crippen molar-refractivity contribution in [1.82, 2.24) is 4.72 Å². The van der Waals surface area contributed by atoms with Crippen molar-refractivity contribution in [2.24, 2.45) is 5.92 Å². The molecule has 0 heterocycles. The van der Waals surface area contributed by atoms with Crippen LogP contribution in [0.3, 0.4) is 0 Å². The molecule has 2 rings (SSSR count). The van der Waals surface area contributed by atoms with E-state index >= 15 is 0 Å². The molecule has 1 N–H and O–H groups in total. The third-order valence-corrected chi connectivity index (χ3v) is 5.29. The van der Waals surface area contributed by atoms with Gasteiger partial charge in [-0.25, -0.2) is 17.5 Å². The molecule has 2 aromatic rings. The molecule has 2 aromatic carbocycles. The lowest BCUT2D eigenvalue weighted by atomic mass is 9.97. The number of benzene rings is 2. The average molecular weight is 400 g/mol. The monoisotopic (exact) mass is 399 g/mol. The van der Waals surface area contributed by atoms with Gasteiger partial charge in [0.05, 0.1) is 5.75 Å². The first-order valence-corrected chi connectivity index (χ1v) is 9.72. The van der Waals surface area contributed by atoms with Crippen molar-refractivity contribution in [3.8, 4) is 0 Å². The summed E-state index contributed by atoms with van der Waals surface area (Å²) in [5.41, 5.74) is 1.04. The van der Waals surface area contributed by atoms with Gasteiger partial charge >= 0.3 is 0 Å². The second-order valence-electron chi connectivity index (χ2n) is 5.75. The zero-order valence-corrected chi connectivity index (χ0v) is 15.4. The van der Waals surface area contributed by atoms with Crippen LogP contribution in [0.2, 0.25) is 0 Å². The fourth-order valence-corrected chi connectivity index (χ4v) is 4.18. The lowest BCUT2D eigenvalue weighted by Crippen LogP contribution is -2.32. The zero-order chi connectivity index (χ0) is 17.0. The summed E-state index contributed by atoms with van der Waals surface area (Å²) < 4.78 is 42.0. The molecule has 0 aliphatic heterocycles. The molecule has 0 aliphatic rings. The van der Waals surface area contributed by atoms with Gasteiger partial charge in [-0.1, -0.05) is 66.2 Å². The van der Waals surface area contributed by atoms with Crippen molar-refractivity contribution in [1.29, 1.82) is 0 Å². The Hall–Kier alpha value is -1.24. The predicted octanol–water partition coefficient (Wildman–Crippen LogP) is 4.40. The number of halogens is 2. The van der Waals surface area contributed by atoms with Crippen molar-refractivity contribution >= 4 is 26.0 Å². The molecule has 3 nitrogen and oxygen atoms in total. The molecule has 0 unspecified atom stereocenters. The van der Waals surface area contributed by atoms with Gasteiger partial charge in [-0.05, 0) is 23.6 Å². The van der Waals surface area contributed by atoms with Crippen LogP contribution < -0.4 is 4.72 Å². The SMILES string of the molecule is CC(C)[C@@H](NS(=O)(=O)Cc1ccc(Br)cc1F)c1ccccc1. The largest absolute Gasteiger partial charge is 0.216 e. The number of hydrogen-bond donors (Lipinski definition) is 1. The van der Waals surface area contributed by atoms with Crippen molar-refractivity contribution < 1.29 is 12.8 Å². The van der Waals surface area contributed by atoms with E-state index in [1.165, 1.54) is 12.1 Å². The molecule has 0 saturated carbocycles. The lowest BCUT2D eigenvalue weighted by molar-refractivity contribution is 0.462. The number of rotatable bonds is 6. The van der Waals surface area contributed by atoms with Gasteiger partial charge in [-0.2, -0.15) is 0 Å². The van der Waals surface area contributed by atoms with Crippen LogP contribution in [0.15, 0.2) is 53.0 Å². The van der Waals surface area contributed by atoms with Gasteiger partial charge in [0, 0.05) is 16.1 Å². The minimum absolute atomic E-state index is 0.0712. The molecule has 0 saturated heterocycles. The van der Waals surface area contributed by atoms with Crippen LogP contribution in [-0.2, 0) is 15.8 Å². The minimum Gasteiger partial charge on any atom is -0.212 e. The van der Waals surface area contributed by atoms with Crippen LogP contribution in [0.5, 0.6) is 0 Å². The van der Waals surface area contributed by atoms with Crippen LogP contribution in [0.1, 0.15) is 31.0 Å². The highest BCUT2D eigenvalue weighted by Gasteiger charge is 2.23. The molecule has 0 amide bonds. The summed E-state index contributed by atoms with van der Waals surface area (Å²) in [6.45, 7) is 3.89. The molecule has 23 heavy (non-hydrogen) atoms. The fourth-order valence-electron chi connectivity index (χ4n) is 2.33. The van der Waals surface area contributed by atoms with Crippen molar-refractivity contribution in [2.45, 2.75) is 25.6 Å². The Balaban J connectivity index is 2.21. The Kier molecular flexibility index (Phi) is 5.95. The standard InChI is InChI=1S/C17H19BrFNO2S/c1-12(2)17(13-6-4-3-5-7-13)20-23(21,22)11-14-8-9-15(18)10-16(14)19/h3-10,12,17,20H,11H2,1-2H3/t17-/m1/s1. The minimum atomic E-state index is -3.67. The fraction of sp³-hybridized carbons (Fsp3) is 0.294. The van der Waals surface area contributed by atoms with Gasteiger partial charge in [0.2, 0.25) is 10.0 Å². The molecule has 0 fully saturated rings. The summed E-state index contributed by atoms with van der Waals surface area (Å²) in [6.07, 6.45) is 0. The molecule has 124 valence electrons. The van der Waals surface area contributed by atoms with E-state index in [2.05, 4.69) is 20.7 Å². The predicted molar refractivity (Wildman–Crippen MR) is 93.9 cm³/mol. The molecule has 0 bridgehead atoms. The number of nitrogens with one attached hydrogen (secondary N) is 1. The van der Waals surface area contributed by atoms with Crippen LogP contribution in [-0.4, -0.2) is 8.42 Å². The zero-order valence-electron chi connectivity index (χ0n) is 13.0. The maximum atomic E-state index is 13.9. The van der Waals surface area contributed by atoms with E-state index in [1.807, 2.05) is 44.2 Å². The van der Waals surface area contributed by atoms with Crippen LogP contribution in [0.25, 0.3) is 0 Å².